The third kappa shape index (κ3) is 1.82. The van der Waals surface area contributed by atoms with Gasteiger partial charge < -0.3 is 9.64 Å². The van der Waals surface area contributed by atoms with Crippen LogP contribution in [0.3, 0.4) is 0 Å². The molecule has 1 unspecified atom stereocenters. The lowest BCUT2D eigenvalue weighted by Crippen LogP contribution is -2.60. The summed E-state index contributed by atoms with van der Waals surface area (Å²) >= 11 is 0. The molecule has 1 aromatic carbocycles. The number of carbonyl (C=O) groups excluding carboxylic acids is 1. The highest BCUT2D eigenvalue weighted by atomic mass is 16.5. The van der Waals surface area contributed by atoms with Crippen LogP contribution in [0.1, 0.15) is 12.5 Å². The Hall–Kier alpha value is -1.39. The van der Waals surface area contributed by atoms with Gasteiger partial charge in [-0.05, 0) is 12.5 Å². The Morgan fingerprint density at radius 3 is 2.94 bits per heavy atom. The second-order valence-electron chi connectivity index (χ2n) is 5.16. The molecule has 2 saturated heterocycles. The van der Waals surface area contributed by atoms with E-state index in [2.05, 4.69) is 5.32 Å². The predicted molar refractivity (Wildman–Crippen MR) is 68.0 cm³/mol. The van der Waals surface area contributed by atoms with Crippen LogP contribution in [0.2, 0.25) is 0 Å². The van der Waals surface area contributed by atoms with E-state index in [0.717, 1.165) is 12.1 Å². The van der Waals surface area contributed by atoms with Crippen molar-refractivity contribution >= 4 is 5.91 Å². The Kier molecular flexibility index (Phi) is 2.84. The summed E-state index contributed by atoms with van der Waals surface area (Å²) in [5.74, 6) is 0.149. The summed E-state index contributed by atoms with van der Waals surface area (Å²) in [5.41, 5.74) is 0.626. The van der Waals surface area contributed by atoms with Gasteiger partial charge in [0, 0.05) is 19.6 Å². The lowest BCUT2D eigenvalue weighted by Gasteiger charge is -2.34. The zero-order chi connectivity index (χ0) is 12.6. The van der Waals surface area contributed by atoms with Gasteiger partial charge >= 0.3 is 0 Å². The maximum atomic E-state index is 12.4. The van der Waals surface area contributed by atoms with Gasteiger partial charge in [0.1, 0.15) is 11.6 Å². The molecule has 0 radical (unpaired) electrons. The highest BCUT2D eigenvalue weighted by molar-refractivity contribution is 5.89. The third-order valence-electron chi connectivity index (χ3n) is 3.89. The van der Waals surface area contributed by atoms with Crippen molar-refractivity contribution in [2.24, 2.45) is 0 Å². The fourth-order valence-corrected chi connectivity index (χ4v) is 2.79. The second-order valence-corrected chi connectivity index (χ2v) is 5.16. The first-order chi connectivity index (χ1) is 8.70. The normalized spacial score (nSPS) is 31.5. The number of amides is 1. The molecule has 1 aromatic rings. The molecule has 0 spiro atoms. The molecular weight excluding hydrogens is 228 g/mol. The number of ether oxygens (including phenoxy) is 1. The topological polar surface area (TPSA) is 41.6 Å². The number of benzene rings is 1. The zero-order valence-electron chi connectivity index (χ0n) is 10.6. The van der Waals surface area contributed by atoms with Crippen LogP contribution >= 0.6 is 0 Å². The number of morpholine rings is 1. The van der Waals surface area contributed by atoms with E-state index >= 15 is 0 Å². The first-order valence-corrected chi connectivity index (χ1v) is 6.40. The van der Waals surface area contributed by atoms with Crippen LogP contribution in [0, 0.1) is 0 Å². The number of likely N-dealkylation sites (tertiary alicyclic amines) is 1. The minimum Gasteiger partial charge on any atom is -0.373 e. The van der Waals surface area contributed by atoms with Gasteiger partial charge in [-0.2, -0.15) is 0 Å². The average Bonchev–Trinajstić information content (AvgIpc) is 2.64. The molecule has 0 bridgehead atoms. The quantitative estimate of drug-likeness (QED) is 0.838. The van der Waals surface area contributed by atoms with E-state index in [0.29, 0.717) is 19.7 Å². The summed E-state index contributed by atoms with van der Waals surface area (Å²) in [5, 5.41) is 3.31. The summed E-state index contributed by atoms with van der Waals surface area (Å²) in [6, 6.07) is 10.1. The SMILES string of the molecule is CC12NCCO[C@@H]1CN(Cc1ccccc1)C2=O. The zero-order valence-corrected chi connectivity index (χ0v) is 10.6. The van der Waals surface area contributed by atoms with Gasteiger partial charge in [0.25, 0.3) is 0 Å². The summed E-state index contributed by atoms with van der Waals surface area (Å²) < 4.78 is 5.72. The van der Waals surface area contributed by atoms with Gasteiger partial charge in [0.05, 0.1) is 6.61 Å². The van der Waals surface area contributed by atoms with E-state index in [9.17, 15) is 4.79 Å². The van der Waals surface area contributed by atoms with Crippen molar-refractivity contribution in [3.8, 4) is 0 Å². The monoisotopic (exact) mass is 246 g/mol. The second kappa shape index (κ2) is 4.37. The fraction of sp³-hybridized carbons (Fsp3) is 0.500. The highest BCUT2D eigenvalue weighted by Crippen LogP contribution is 2.29. The Labute approximate surface area is 107 Å². The minimum absolute atomic E-state index is 0.0255. The van der Waals surface area contributed by atoms with Crippen molar-refractivity contribution in [1.29, 1.82) is 0 Å². The molecule has 4 nitrogen and oxygen atoms in total. The molecule has 2 aliphatic rings. The smallest absolute Gasteiger partial charge is 0.245 e. The Morgan fingerprint density at radius 1 is 1.44 bits per heavy atom. The van der Waals surface area contributed by atoms with Gasteiger partial charge in [0.15, 0.2) is 0 Å². The van der Waals surface area contributed by atoms with Crippen LogP contribution in [-0.2, 0) is 16.1 Å². The van der Waals surface area contributed by atoms with Gasteiger partial charge in [0.2, 0.25) is 5.91 Å². The van der Waals surface area contributed by atoms with E-state index in [1.54, 1.807) is 0 Å². The first-order valence-electron chi connectivity index (χ1n) is 6.40. The van der Waals surface area contributed by atoms with E-state index in [1.807, 2.05) is 42.2 Å². The highest BCUT2D eigenvalue weighted by Gasteiger charge is 2.52. The fourth-order valence-electron chi connectivity index (χ4n) is 2.79. The minimum atomic E-state index is -0.535. The average molecular weight is 246 g/mol. The molecule has 0 saturated carbocycles. The van der Waals surface area contributed by atoms with E-state index in [4.69, 9.17) is 4.74 Å². The first kappa shape index (κ1) is 11.7. The van der Waals surface area contributed by atoms with Crippen LogP contribution in [0.25, 0.3) is 0 Å². The number of nitrogens with one attached hydrogen (secondary N) is 1. The van der Waals surface area contributed by atoms with Crippen molar-refractivity contribution in [3.05, 3.63) is 35.9 Å². The van der Waals surface area contributed by atoms with Crippen molar-refractivity contribution in [1.82, 2.24) is 10.2 Å². The molecule has 2 atom stereocenters. The van der Waals surface area contributed by atoms with Crippen LogP contribution < -0.4 is 5.32 Å². The van der Waals surface area contributed by atoms with Crippen molar-refractivity contribution in [2.45, 2.75) is 25.1 Å². The van der Waals surface area contributed by atoms with Gasteiger partial charge in [-0.1, -0.05) is 30.3 Å². The molecule has 96 valence electrons. The van der Waals surface area contributed by atoms with Gasteiger partial charge in [-0.3, -0.25) is 10.1 Å². The number of rotatable bonds is 2. The van der Waals surface area contributed by atoms with Crippen LogP contribution in [-0.4, -0.2) is 42.1 Å². The van der Waals surface area contributed by atoms with Crippen molar-refractivity contribution in [2.75, 3.05) is 19.7 Å². The number of nitrogens with zero attached hydrogens (tertiary/aromatic N) is 1. The van der Waals surface area contributed by atoms with Crippen LogP contribution in [0.5, 0.6) is 0 Å². The molecule has 0 aliphatic carbocycles. The maximum absolute atomic E-state index is 12.4. The summed E-state index contributed by atoms with van der Waals surface area (Å²) in [4.78, 5) is 14.3. The summed E-state index contributed by atoms with van der Waals surface area (Å²) in [7, 11) is 0. The molecule has 2 fully saturated rings. The lowest BCUT2D eigenvalue weighted by molar-refractivity contribution is -0.136. The Morgan fingerprint density at radius 2 is 2.22 bits per heavy atom. The molecule has 1 N–H and O–H groups in total. The predicted octanol–water partition coefficient (Wildman–Crippen LogP) is 0.776. The molecule has 4 heteroatoms. The molecule has 2 aliphatic heterocycles. The van der Waals surface area contributed by atoms with E-state index < -0.39 is 5.54 Å². The standard InChI is InChI=1S/C14H18N2O2/c1-14-12(18-8-7-15-14)10-16(13(14)17)9-11-5-3-2-4-6-11/h2-6,12,15H,7-10H2,1H3/t12-,14?/m1/s1. The molecular formula is C14H18N2O2. The maximum Gasteiger partial charge on any atom is 0.245 e. The van der Waals surface area contributed by atoms with Gasteiger partial charge in [-0.25, -0.2) is 0 Å². The number of hydrogen-bond acceptors (Lipinski definition) is 3. The summed E-state index contributed by atoms with van der Waals surface area (Å²) in [6.45, 7) is 4.73. The molecule has 1 amide bonds. The Bertz CT molecular complexity index is 448. The van der Waals surface area contributed by atoms with Crippen LogP contribution in [0.15, 0.2) is 30.3 Å². The van der Waals surface area contributed by atoms with E-state index in [1.165, 1.54) is 0 Å². The Balaban J connectivity index is 1.77. The van der Waals surface area contributed by atoms with Crippen molar-refractivity contribution < 1.29 is 9.53 Å². The van der Waals surface area contributed by atoms with Crippen molar-refractivity contribution in [3.63, 3.8) is 0 Å². The largest absolute Gasteiger partial charge is 0.373 e. The summed E-state index contributed by atoms with van der Waals surface area (Å²) in [6.07, 6.45) is -0.0255. The molecule has 3 rings (SSSR count). The van der Waals surface area contributed by atoms with Gasteiger partial charge in [-0.15, -0.1) is 0 Å². The molecule has 0 aromatic heterocycles. The molecule has 18 heavy (non-hydrogen) atoms. The van der Waals surface area contributed by atoms with E-state index in [-0.39, 0.29) is 12.0 Å². The molecule has 2 heterocycles. The third-order valence-corrected chi connectivity index (χ3v) is 3.89. The lowest BCUT2D eigenvalue weighted by atomic mass is 9.96. The van der Waals surface area contributed by atoms with Crippen LogP contribution in [0.4, 0.5) is 0 Å². The number of carbonyl (C=O) groups is 1. The number of hydrogen-bond donors (Lipinski definition) is 1. The number of fused-ring (bicyclic) bond motifs is 1.